The molecule has 2 aliphatic heterocycles. The molecule has 1 N–H and O–H groups in total. The highest BCUT2D eigenvalue weighted by Gasteiger charge is 2.46. The molecule has 0 unspecified atom stereocenters. The van der Waals surface area contributed by atoms with Gasteiger partial charge in [-0.3, -0.25) is 4.79 Å². The number of nitrogens with zero attached hydrogens (tertiary/aromatic N) is 4. The summed E-state index contributed by atoms with van der Waals surface area (Å²) in [5.41, 5.74) is 3.27. The molecular formula is C21H25Cl2N5O2. The maximum absolute atomic E-state index is 13.4. The van der Waals surface area contributed by atoms with Crippen molar-refractivity contribution in [1.29, 1.82) is 0 Å². The molecule has 3 atom stereocenters. The van der Waals surface area contributed by atoms with E-state index in [1.54, 1.807) is 19.6 Å². The van der Waals surface area contributed by atoms with Crippen LogP contribution in [0.2, 0.25) is 0 Å². The summed E-state index contributed by atoms with van der Waals surface area (Å²) in [6.45, 7) is 2.65. The number of hydrogen-bond acceptors (Lipinski definition) is 5. The van der Waals surface area contributed by atoms with Crippen molar-refractivity contribution in [1.82, 2.24) is 24.8 Å². The van der Waals surface area contributed by atoms with Crippen molar-refractivity contribution in [2.45, 2.75) is 6.04 Å². The van der Waals surface area contributed by atoms with Crippen LogP contribution in [0.1, 0.15) is 22.0 Å². The summed E-state index contributed by atoms with van der Waals surface area (Å²) in [6.07, 6.45) is 3.39. The van der Waals surface area contributed by atoms with Crippen LogP contribution in [0.15, 0.2) is 42.9 Å². The zero-order valence-corrected chi connectivity index (χ0v) is 18.4. The first-order valence-electron chi connectivity index (χ1n) is 9.58. The number of imidazole rings is 1. The molecule has 2 aromatic heterocycles. The zero-order chi connectivity index (χ0) is 19.3. The molecule has 0 spiro atoms. The predicted octanol–water partition coefficient (Wildman–Crippen LogP) is 2.85. The first kappa shape index (κ1) is 22.3. The molecule has 7 nitrogen and oxygen atoms in total. The Labute approximate surface area is 187 Å². The van der Waals surface area contributed by atoms with E-state index in [0.717, 1.165) is 42.1 Å². The fourth-order valence-electron chi connectivity index (χ4n) is 4.66. The van der Waals surface area contributed by atoms with Gasteiger partial charge in [-0.25, -0.2) is 9.97 Å². The van der Waals surface area contributed by atoms with Gasteiger partial charge in [-0.1, -0.05) is 12.1 Å². The molecular weight excluding hydrogens is 425 g/mol. The van der Waals surface area contributed by atoms with E-state index in [1.807, 2.05) is 34.7 Å². The van der Waals surface area contributed by atoms with Crippen LogP contribution >= 0.6 is 24.8 Å². The largest absolute Gasteiger partial charge is 0.497 e. The molecule has 1 amide bonds. The van der Waals surface area contributed by atoms with Gasteiger partial charge >= 0.3 is 0 Å². The van der Waals surface area contributed by atoms with Crippen LogP contribution < -0.4 is 10.1 Å². The Balaban J connectivity index is 0.00000128. The van der Waals surface area contributed by atoms with Crippen LogP contribution in [-0.2, 0) is 7.05 Å². The third kappa shape index (κ3) is 3.62. The lowest BCUT2D eigenvalue weighted by molar-refractivity contribution is 0.0714. The van der Waals surface area contributed by atoms with Gasteiger partial charge in [0.2, 0.25) is 0 Å². The number of benzene rings is 1. The molecule has 2 aliphatic rings. The summed E-state index contributed by atoms with van der Waals surface area (Å²) in [4.78, 5) is 24.3. The summed E-state index contributed by atoms with van der Waals surface area (Å²) in [5, 5.41) is 3.48. The van der Waals surface area contributed by atoms with Crippen LogP contribution in [-0.4, -0.2) is 52.1 Å². The normalized spacial score (nSPS) is 22.3. The lowest BCUT2D eigenvalue weighted by Gasteiger charge is -2.28. The molecule has 3 aromatic rings. The second-order valence-electron chi connectivity index (χ2n) is 7.68. The Morgan fingerprint density at radius 2 is 1.93 bits per heavy atom. The molecule has 5 rings (SSSR count). The van der Waals surface area contributed by atoms with Crippen LogP contribution in [0, 0.1) is 11.8 Å². The second kappa shape index (κ2) is 8.79. The van der Waals surface area contributed by atoms with Gasteiger partial charge < -0.3 is 19.5 Å². The molecule has 2 fully saturated rings. The number of halogens is 2. The molecule has 0 aliphatic carbocycles. The minimum atomic E-state index is 0. The number of rotatable bonds is 3. The Morgan fingerprint density at radius 1 is 1.17 bits per heavy atom. The topological polar surface area (TPSA) is 72.3 Å². The van der Waals surface area contributed by atoms with Crippen molar-refractivity contribution >= 4 is 41.9 Å². The molecule has 160 valence electrons. The number of nitrogens with one attached hydrogen (secondary N) is 1. The summed E-state index contributed by atoms with van der Waals surface area (Å²) in [5.74, 6) is 1.74. The highest BCUT2D eigenvalue weighted by atomic mass is 35.5. The van der Waals surface area contributed by atoms with Crippen molar-refractivity contribution in [2.75, 3.05) is 26.7 Å². The summed E-state index contributed by atoms with van der Waals surface area (Å²) in [6, 6.07) is 9.99. The highest BCUT2D eigenvalue weighted by Crippen LogP contribution is 2.43. The summed E-state index contributed by atoms with van der Waals surface area (Å²) in [7, 11) is 3.57. The summed E-state index contributed by atoms with van der Waals surface area (Å²) >= 11 is 0. The first-order chi connectivity index (χ1) is 13.7. The zero-order valence-electron chi connectivity index (χ0n) is 16.8. The van der Waals surface area contributed by atoms with Crippen LogP contribution in [0.3, 0.4) is 0 Å². The third-order valence-corrected chi connectivity index (χ3v) is 6.08. The predicted molar refractivity (Wildman–Crippen MR) is 120 cm³/mol. The number of methoxy groups -OCH3 is 1. The molecule has 0 radical (unpaired) electrons. The van der Waals surface area contributed by atoms with E-state index in [2.05, 4.69) is 27.4 Å². The van der Waals surface area contributed by atoms with E-state index in [0.29, 0.717) is 17.4 Å². The van der Waals surface area contributed by atoms with E-state index in [9.17, 15) is 4.79 Å². The monoisotopic (exact) mass is 449 g/mol. The maximum Gasteiger partial charge on any atom is 0.256 e. The van der Waals surface area contributed by atoms with Gasteiger partial charge in [-0.2, -0.15) is 0 Å². The summed E-state index contributed by atoms with van der Waals surface area (Å²) < 4.78 is 7.15. The van der Waals surface area contributed by atoms with Crippen molar-refractivity contribution in [3.05, 3.63) is 54.0 Å². The van der Waals surface area contributed by atoms with Crippen molar-refractivity contribution < 1.29 is 9.53 Å². The van der Waals surface area contributed by atoms with Gasteiger partial charge in [0.05, 0.1) is 25.0 Å². The third-order valence-electron chi connectivity index (χ3n) is 6.08. The number of carbonyl (C=O) groups excluding carboxylic acids is 1. The number of likely N-dealkylation sites (tertiary alicyclic amines) is 1. The van der Waals surface area contributed by atoms with E-state index >= 15 is 0 Å². The quantitative estimate of drug-likeness (QED) is 0.665. The number of carbonyl (C=O) groups is 1. The number of hydrogen-bond donors (Lipinski definition) is 1. The number of ether oxygens (including phenoxy) is 1. The molecule has 4 heterocycles. The Kier molecular flexibility index (Phi) is 6.55. The first-order valence-corrected chi connectivity index (χ1v) is 9.58. The van der Waals surface area contributed by atoms with Crippen molar-refractivity contribution in [3.63, 3.8) is 0 Å². The minimum absolute atomic E-state index is 0. The van der Waals surface area contributed by atoms with Gasteiger partial charge in [0.25, 0.3) is 5.91 Å². The van der Waals surface area contributed by atoms with E-state index in [-0.39, 0.29) is 36.8 Å². The number of aromatic nitrogens is 3. The van der Waals surface area contributed by atoms with Crippen molar-refractivity contribution in [2.24, 2.45) is 18.9 Å². The fraction of sp³-hybridized carbons (Fsp3) is 0.381. The minimum Gasteiger partial charge on any atom is -0.497 e. The van der Waals surface area contributed by atoms with Crippen LogP contribution in [0.5, 0.6) is 5.75 Å². The van der Waals surface area contributed by atoms with E-state index in [4.69, 9.17) is 4.74 Å². The van der Waals surface area contributed by atoms with Crippen LogP contribution in [0.25, 0.3) is 11.2 Å². The van der Waals surface area contributed by atoms with Gasteiger partial charge in [-0.05, 0) is 29.7 Å². The number of aryl methyl sites for hydroxylation is 1. The lowest BCUT2D eigenvalue weighted by atomic mass is 9.89. The number of pyridine rings is 1. The fourth-order valence-corrected chi connectivity index (χ4v) is 4.66. The number of fused-ring (bicyclic) bond motifs is 2. The van der Waals surface area contributed by atoms with Gasteiger partial charge in [0, 0.05) is 38.8 Å². The van der Waals surface area contributed by atoms with Crippen LogP contribution in [0.4, 0.5) is 0 Å². The highest BCUT2D eigenvalue weighted by molar-refractivity contribution is 5.96. The molecule has 30 heavy (non-hydrogen) atoms. The smallest absolute Gasteiger partial charge is 0.256 e. The van der Waals surface area contributed by atoms with Crippen molar-refractivity contribution in [3.8, 4) is 5.75 Å². The lowest BCUT2D eigenvalue weighted by Crippen LogP contribution is -2.34. The second-order valence-corrected chi connectivity index (χ2v) is 7.68. The van der Waals surface area contributed by atoms with E-state index in [1.165, 1.54) is 0 Å². The Morgan fingerprint density at radius 3 is 2.67 bits per heavy atom. The average molecular weight is 450 g/mol. The molecule has 0 saturated carbocycles. The maximum atomic E-state index is 13.4. The molecule has 1 aromatic carbocycles. The molecule has 2 saturated heterocycles. The van der Waals surface area contributed by atoms with Gasteiger partial charge in [0.15, 0.2) is 5.65 Å². The Bertz CT molecular complexity index is 1040. The van der Waals surface area contributed by atoms with Gasteiger partial charge in [-0.15, -0.1) is 24.8 Å². The number of amides is 1. The van der Waals surface area contributed by atoms with Gasteiger partial charge in [0.1, 0.15) is 11.3 Å². The standard InChI is InChI=1S/C21H23N5O2.2ClH/c1-25-12-24-18-7-14(9-23-20(18)25)21(27)26-11-15-8-22-10-17(15)19(26)13-3-5-16(28-2)6-4-13;;/h3-7,9,12,15,17,19,22H,8,10-11H2,1-2H3;2*1H/t15-,17-,19-;;/m0../s1. The Hall–Kier alpha value is -2.35. The molecule has 9 heteroatoms. The van der Waals surface area contributed by atoms with E-state index < -0.39 is 0 Å². The SMILES string of the molecule is COc1ccc([C@H]2[C@H]3CNC[C@H]3CN2C(=O)c2cnc3c(c2)ncn3C)cc1.Cl.Cl. The average Bonchev–Trinajstić information content (AvgIpc) is 3.42. The molecule has 0 bridgehead atoms.